The molecule has 0 aliphatic heterocycles. The van der Waals surface area contributed by atoms with E-state index >= 15 is 0 Å². The molecule has 0 atom stereocenters. The van der Waals surface area contributed by atoms with Crippen LogP contribution in [0.1, 0.15) is 23.2 Å². The van der Waals surface area contributed by atoms with E-state index in [0.717, 1.165) is 0 Å². The topological polar surface area (TPSA) is 33.1 Å². The van der Waals surface area contributed by atoms with Crippen LogP contribution in [0.25, 0.3) is 0 Å². The van der Waals surface area contributed by atoms with Crippen LogP contribution in [0.4, 0.5) is 8.78 Å². The first-order valence-electron chi connectivity index (χ1n) is 3.73. The lowest BCUT2D eigenvalue weighted by Gasteiger charge is -2.10. The molecule has 1 rings (SSSR count). The van der Waals surface area contributed by atoms with Gasteiger partial charge in [-0.15, -0.1) is 0 Å². The number of hydrogen-bond donors (Lipinski definition) is 1. The number of rotatable bonds is 3. The summed E-state index contributed by atoms with van der Waals surface area (Å²) < 4.78 is 25.7. The van der Waals surface area contributed by atoms with Gasteiger partial charge >= 0.3 is 0 Å². The minimum Gasteiger partial charge on any atom is -0.390 e. The maximum atomic E-state index is 12.6. The van der Waals surface area contributed by atoms with E-state index in [-0.39, 0.29) is 11.3 Å². The predicted octanol–water partition coefficient (Wildman–Crippen LogP) is 3.01. The summed E-state index contributed by atoms with van der Waals surface area (Å²) in [6, 6.07) is 0. The van der Waals surface area contributed by atoms with Crippen molar-refractivity contribution >= 4 is 38.5 Å². The van der Waals surface area contributed by atoms with Gasteiger partial charge in [0.05, 0.1) is 17.9 Å². The highest BCUT2D eigenvalue weighted by Gasteiger charge is 2.19. The van der Waals surface area contributed by atoms with Gasteiger partial charge in [-0.1, -0.05) is 15.9 Å². The van der Waals surface area contributed by atoms with E-state index in [9.17, 15) is 8.78 Å². The van der Waals surface area contributed by atoms with Crippen LogP contribution in [0, 0.1) is 3.57 Å². The second-order valence-corrected chi connectivity index (χ2v) is 4.19. The van der Waals surface area contributed by atoms with Crippen molar-refractivity contribution in [1.29, 1.82) is 0 Å². The van der Waals surface area contributed by atoms with Gasteiger partial charge in [-0.05, 0) is 28.2 Å². The van der Waals surface area contributed by atoms with E-state index in [2.05, 4.69) is 20.9 Å². The zero-order valence-electron chi connectivity index (χ0n) is 6.98. The van der Waals surface area contributed by atoms with Crippen molar-refractivity contribution in [2.24, 2.45) is 0 Å². The van der Waals surface area contributed by atoms with Crippen LogP contribution >= 0.6 is 38.5 Å². The number of hydrogen-bond acceptors (Lipinski definition) is 2. The third-order valence-corrected chi connectivity index (χ3v) is 3.60. The SMILES string of the molecule is OCc1ncc(CBr)c(I)c1C(F)F. The summed E-state index contributed by atoms with van der Waals surface area (Å²) in [6.45, 7) is -0.460. The monoisotopic (exact) mass is 377 g/mol. The zero-order chi connectivity index (χ0) is 10.7. The summed E-state index contributed by atoms with van der Waals surface area (Å²) in [6.07, 6.45) is -1.11. The summed E-state index contributed by atoms with van der Waals surface area (Å²) in [5.41, 5.74) is 0.595. The molecular weight excluding hydrogens is 371 g/mol. The maximum Gasteiger partial charge on any atom is 0.266 e. The molecule has 78 valence electrons. The van der Waals surface area contributed by atoms with Gasteiger partial charge in [-0.25, -0.2) is 8.78 Å². The highest BCUT2D eigenvalue weighted by molar-refractivity contribution is 14.1. The van der Waals surface area contributed by atoms with Crippen LogP contribution in [-0.4, -0.2) is 10.1 Å². The molecule has 1 heterocycles. The predicted molar refractivity (Wildman–Crippen MR) is 60.5 cm³/mol. The van der Waals surface area contributed by atoms with Gasteiger partial charge < -0.3 is 5.11 Å². The van der Waals surface area contributed by atoms with Crippen molar-refractivity contribution in [3.8, 4) is 0 Å². The highest BCUT2D eigenvalue weighted by atomic mass is 127. The molecule has 2 nitrogen and oxygen atoms in total. The Morgan fingerprint density at radius 1 is 1.57 bits per heavy atom. The molecule has 0 aliphatic carbocycles. The van der Waals surface area contributed by atoms with E-state index in [1.54, 1.807) is 0 Å². The average molecular weight is 378 g/mol. The van der Waals surface area contributed by atoms with Gasteiger partial charge in [0.15, 0.2) is 0 Å². The lowest BCUT2D eigenvalue weighted by Crippen LogP contribution is -2.04. The van der Waals surface area contributed by atoms with Crippen LogP contribution in [0.5, 0.6) is 0 Å². The Balaban J connectivity index is 3.31. The van der Waals surface area contributed by atoms with Gasteiger partial charge in [-0.2, -0.15) is 0 Å². The Morgan fingerprint density at radius 2 is 2.21 bits per heavy atom. The standard InChI is InChI=1S/C8H7BrF2INO/c9-1-4-2-13-5(3-14)6(7(4)12)8(10)11/h2,8,14H,1,3H2. The zero-order valence-corrected chi connectivity index (χ0v) is 10.7. The third kappa shape index (κ3) is 2.40. The van der Waals surface area contributed by atoms with E-state index in [0.29, 0.717) is 14.5 Å². The fourth-order valence-electron chi connectivity index (χ4n) is 1.02. The van der Waals surface area contributed by atoms with E-state index < -0.39 is 13.0 Å². The van der Waals surface area contributed by atoms with E-state index in [4.69, 9.17) is 5.11 Å². The van der Waals surface area contributed by atoms with Crippen molar-refractivity contribution < 1.29 is 13.9 Å². The molecule has 6 heteroatoms. The number of halogens is 4. The first-order chi connectivity index (χ1) is 6.61. The number of aromatic nitrogens is 1. The van der Waals surface area contributed by atoms with Gasteiger partial charge in [0, 0.05) is 15.1 Å². The number of alkyl halides is 3. The van der Waals surface area contributed by atoms with Gasteiger partial charge in [0.25, 0.3) is 6.43 Å². The molecule has 1 aromatic rings. The molecule has 0 fully saturated rings. The summed E-state index contributed by atoms with van der Waals surface area (Å²) in [5, 5.41) is 9.32. The summed E-state index contributed by atoms with van der Waals surface area (Å²) in [5.74, 6) is 0. The van der Waals surface area contributed by atoms with E-state index in [1.807, 2.05) is 22.6 Å². The normalized spacial score (nSPS) is 11.0. The van der Waals surface area contributed by atoms with Gasteiger partial charge in [0.2, 0.25) is 0 Å². The number of aliphatic hydroxyl groups is 1. The fraction of sp³-hybridized carbons (Fsp3) is 0.375. The molecule has 0 aromatic carbocycles. The summed E-state index contributed by atoms with van der Waals surface area (Å²) in [7, 11) is 0. The Kier molecular flexibility index (Phi) is 4.65. The number of nitrogens with zero attached hydrogens (tertiary/aromatic N) is 1. The van der Waals surface area contributed by atoms with E-state index in [1.165, 1.54) is 6.20 Å². The Morgan fingerprint density at radius 3 is 2.64 bits per heavy atom. The lowest BCUT2D eigenvalue weighted by molar-refractivity contribution is 0.145. The summed E-state index contributed by atoms with van der Waals surface area (Å²) >= 11 is 5.03. The Bertz CT molecular complexity index is 335. The average Bonchev–Trinajstić information content (AvgIpc) is 2.16. The van der Waals surface area contributed by atoms with Crippen LogP contribution in [0.15, 0.2) is 6.20 Å². The molecule has 0 spiro atoms. The first-order valence-corrected chi connectivity index (χ1v) is 5.93. The molecule has 0 unspecified atom stereocenters. The molecule has 0 amide bonds. The number of pyridine rings is 1. The highest BCUT2D eigenvalue weighted by Crippen LogP contribution is 2.30. The smallest absolute Gasteiger partial charge is 0.266 e. The molecule has 0 bridgehead atoms. The van der Waals surface area contributed by atoms with Crippen molar-refractivity contribution in [1.82, 2.24) is 4.98 Å². The molecular formula is C8H7BrF2INO. The molecule has 0 saturated carbocycles. The second kappa shape index (κ2) is 5.32. The Hall–Kier alpha value is 0.180. The molecule has 0 radical (unpaired) electrons. The molecule has 0 saturated heterocycles. The minimum atomic E-state index is -2.60. The van der Waals surface area contributed by atoms with Crippen LogP contribution in [0.3, 0.4) is 0 Å². The largest absolute Gasteiger partial charge is 0.390 e. The molecule has 14 heavy (non-hydrogen) atoms. The van der Waals surface area contributed by atoms with Crippen molar-refractivity contribution in [2.75, 3.05) is 0 Å². The number of aliphatic hydroxyl groups excluding tert-OH is 1. The maximum absolute atomic E-state index is 12.6. The molecule has 1 aromatic heterocycles. The minimum absolute atomic E-state index is 0.0501. The van der Waals surface area contributed by atoms with Crippen molar-refractivity contribution in [2.45, 2.75) is 18.4 Å². The van der Waals surface area contributed by atoms with Crippen LogP contribution in [-0.2, 0) is 11.9 Å². The quantitative estimate of drug-likeness (QED) is 0.648. The molecule has 1 N–H and O–H groups in total. The lowest BCUT2D eigenvalue weighted by atomic mass is 10.1. The van der Waals surface area contributed by atoms with Crippen LogP contribution in [0.2, 0.25) is 0 Å². The molecule has 0 aliphatic rings. The second-order valence-electron chi connectivity index (χ2n) is 2.55. The Labute approximate surface area is 102 Å². The van der Waals surface area contributed by atoms with Crippen molar-refractivity contribution in [3.05, 3.63) is 26.6 Å². The van der Waals surface area contributed by atoms with Crippen LogP contribution < -0.4 is 0 Å². The summed E-state index contributed by atoms with van der Waals surface area (Å²) in [4.78, 5) is 3.79. The fourth-order valence-corrected chi connectivity index (χ4v) is 2.85. The van der Waals surface area contributed by atoms with Gasteiger partial charge in [-0.3, -0.25) is 4.98 Å². The van der Waals surface area contributed by atoms with Gasteiger partial charge in [0.1, 0.15) is 0 Å². The van der Waals surface area contributed by atoms with Crippen molar-refractivity contribution in [3.63, 3.8) is 0 Å². The first kappa shape index (κ1) is 12.3. The third-order valence-electron chi connectivity index (χ3n) is 1.72.